The first kappa shape index (κ1) is 11.2. The highest BCUT2D eigenvalue weighted by Crippen LogP contribution is 2.18. The second-order valence-corrected chi connectivity index (χ2v) is 4.41. The highest BCUT2D eigenvalue weighted by molar-refractivity contribution is 5.48. The van der Waals surface area contributed by atoms with Crippen LogP contribution in [0.3, 0.4) is 0 Å². The number of rotatable bonds is 3. The van der Waals surface area contributed by atoms with E-state index in [0.717, 1.165) is 0 Å². The van der Waals surface area contributed by atoms with Crippen LogP contribution >= 0.6 is 0 Å². The zero-order chi connectivity index (χ0) is 12.6. The largest absolute Gasteiger partial charge is 0.386 e. The molecule has 18 heavy (non-hydrogen) atoms. The summed E-state index contributed by atoms with van der Waals surface area (Å²) in [5, 5.41) is 19.3. The maximum absolute atomic E-state index is 11.2. The number of aliphatic hydroxyl groups is 1. The lowest BCUT2D eigenvalue weighted by Crippen LogP contribution is -2.37. The number of nitrogens with zero attached hydrogens (tertiary/aromatic N) is 3. The van der Waals surface area contributed by atoms with Gasteiger partial charge in [0.2, 0.25) is 0 Å². The van der Waals surface area contributed by atoms with E-state index in [2.05, 4.69) is 20.5 Å². The predicted molar refractivity (Wildman–Crippen MR) is 62.5 cm³/mol. The van der Waals surface area contributed by atoms with Crippen LogP contribution in [-0.2, 0) is 4.74 Å². The fourth-order valence-corrected chi connectivity index (χ4v) is 1.90. The molecule has 3 heterocycles. The molecular formula is C10H13N5O3. The maximum Gasteiger partial charge on any atom is 0.348 e. The van der Waals surface area contributed by atoms with Crippen LogP contribution < -0.4 is 11.0 Å². The fraction of sp³-hybridized carbons (Fsp3) is 0.500. The van der Waals surface area contributed by atoms with Gasteiger partial charge in [-0.2, -0.15) is 5.10 Å². The lowest BCUT2D eigenvalue weighted by Gasteiger charge is -2.20. The molecule has 1 aliphatic rings. The van der Waals surface area contributed by atoms with E-state index < -0.39 is 5.60 Å². The van der Waals surface area contributed by atoms with Gasteiger partial charge in [0.1, 0.15) is 17.7 Å². The number of anilines is 1. The van der Waals surface area contributed by atoms with E-state index in [4.69, 9.17) is 4.74 Å². The van der Waals surface area contributed by atoms with Crippen molar-refractivity contribution in [2.75, 3.05) is 25.1 Å². The molecule has 2 aromatic rings. The molecule has 8 nitrogen and oxygen atoms in total. The Morgan fingerprint density at radius 1 is 1.67 bits per heavy atom. The molecule has 0 aromatic carbocycles. The molecule has 1 fully saturated rings. The lowest BCUT2D eigenvalue weighted by atomic mass is 10.0. The summed E-state index contributed by atoms with van der Waals surface area (Å²) in [6, 6.07) is 1.64. The maximum atomic E-state index is 11.2. The van der Waals surface area contributed by atoms with Crippen molar-refractivity contribution in [2.24, 2.45) is 0 Å². The Morgan fingerprint density at radius 2 is 2.56 bits per heavy atom. The minimum atomic E-state index is -0.848. The third-order valence-electron chi connectivity index (χ3n) is 2.99. The summed E-state index contributed by atoms with van der Waals surface area (Å²) in [6.45, 7) is 1.24. The van der Waals surface area contributed by atoms with Gasteiger partial charge >= 0.3 is 5.69 Å². The number of nitrogens with one attached hydrogen (secondary N) is 2. The molecule has 0 aliphatic carbocycles. The molecule has 1 unspecified atom stereocenters. The summed E-state index contributed by atoms with van der Waals surface area (Å²) in [5.74, 6) is 0.557. The minimum absolute atomic E-state index is 0.324. The van der Waals surface area contributed by atoms with E-state index in [1.54, 1.807) is 6.07 Å². The Morgan fingerprint density at radius 3 is 3.33 bits per heavy atom. The third kappa shape index (κ3) is 1.95. The summed E-state index contributed by atoms with van der Waals surface area (Å²) >= 11 is 0. The highest BCUT2D eigenvalue weighted by atomic mass is 16.5. The molecule has 2 aromatic heterocycles. The van der Waals surface area contributed by atoms with Crippen molar-refractivity contribution < 1.29 is 9.84 Å². The van der Waals surface area contributed by atoms with Crippen molar-refractivity contribution in [3.05, 3.63) is 22.9 Å². The third-order valence-corrected chi connectivity index (χ3v) is 2.99. The van der Waals surface area contributed by atoms with Crippen LogP contribution in [0.25, 0.3) is 5.65 Å². The highest BCUT2D eigenvalue weighted by Gasteiger charge is 2.31. The van der Waals surface area contributed by atoms with Gasteiger partial charge in [0, 0.05) is 25.6 Å². The summed E-state index contributed by atoms with van der Waals surface area (Å²) in [7, 11) is 0. The van der Waals surface area contributed by atoms with Crippen molar-refractivity contribution >= 4 is 11.5 Å². The van der Waals surface area contributed by atoms with E-state index in [1.807, 2.05) is 0 Å². The molecule has 1 saturated heterocycles. The molecule has 0 spiro atoms. The normalized spacial score (nSPS) is 23.6. The summed E-state index contributed by atoms with van der Waals surface area (Å²) in [5.41, 5.74) is -0.696. The zero-order valence-corrected chi connectivity index (χ0v) is 9.59. The topological polar surface area (TPSA) is 105 Å². The summed E-state index contributed by atoms with van der Waals surface area (Å²) in [4.78, 5) is 15.3. The second kappa shape index (κ2) is 4.07. The van der Waals surface area contributed by atoms with E-state index >= 15 is 0 Å². The van der Waals surface area contributed by atoms with Gasteiger partial charge in [-0.15, -0.1) is 0 Å². The number of aromatic amines is 1. The summed E-state index contributed by atoms with van der Waals surface area (Å²) < 4.78 is 6.45. The first-order valence-corrected chi connectivity index (χ1v) is 5.63. The lowest BCUT2D eigenvalue weighted by molar-refractivity contribution is 0.0381. The second-order valence-electron chi connectivity index (χ2n) is 4.41. The fourth-order valence-electron chi connectivity index (χ4n) is 1.90. The molecule has 1 atom stereocenters. The van der Waals surface area contributed by atoms with Gasteiger partial charge in [-0.3, -0.25) is 0 Å². The van der Waals surface area contributed by atoms with Gasteiger partial charge in [-0.05, 0) is 0 Å². The van der Waals surface area contributed by atoms with E-state index in [1.165, 1.54) is 10.7 Å². The van der Waals surface area contributed by atoms with Gasteiger partial charge < -0.3 is 15.2 Å². The van der Waals surface area contributed by atoms with Crippen LogP contribution in [0.1, 0.15) is 6.42 Å². The van der Waals surface area contributed by atoms with Gasteiger partial charge in [0.05, 0.1) is 6.61 Å². The number of hydrogen-bond donors (Lipinski definition) is 3. The Kier molecular flexibility index (Phi) is 2.53. The molecule has 8 heteroatoms. The molecule has 0 amide bonds. The van der Waals surface area contributed by atoms with E-state index in [-0.39, 0.29) is 5.69 Å². The molecule has 0 radical (unpaired) electrons. The number of aromatic nitrogens is 4. The van der Waals surface area contributed by atoms with E-state index in [0.29, 0.717) is 37.6 Å². The van der Waals surface area contributed by atoms with Gasteiger partial charge in [0.15, 0.2) is 5.65 Å². The van der Waals surface area contributed by atoms with Crippen molar-refractivity contribution in [3.63, 3.8) is 0 Å². The first-order valence-electron chi connectivity index (χ1n) is 5.63. The molecule has 0 bridgehead atoms. The minimum Gasteiger partial charge on any atom is -0.386 e. The molecular weight excluding hydrogens is 238 g/mol. The molecule has 1 aliphatic heterocycles. The quantitative estimate of drug-likeness (QED) is 0.645. The molecule has 3 rings (SSSR count). The standard InChI is InChI=1S/C10H13N5O3/c16-9-14-13-8-3-7(12-6-15(8)9)11-4-10(17)1-2-18-5-10/h3,6,11,17H,1-2,4-5H2,(H,14,16). The number of fused-ring (bicyclic) bond motifs is 1. The Balaban J connectivity index is 1.76. The van der Waals surface area contributed by atoms with Crippen molar-refractivity contribution in [1.82, 2.24) is 19.6 Å². The monoisotopic (exact) mass is 251 g/mol. The van der Waals surface area contributed by atoms with Gasteiger partial charge in [-0.25, -0.2) is 19.3 Å². The summed E-state index contributed by atoms with van der Waals surface area (Å²) in [6.07, 6.45) is 1.99. The van der Waals surface area contributed by atoms with Crippen LogP contribution in [0, 0.1) is 0 Å². The van der Waals surface area contributed by atoms with Crippen LogP contribution in [-0.4, -0.2) is 50.0 Å². The Hall–Kier alpha value is -1.93. The molecule has 96 valence electrons. The molecule has 0 saturated carbocycles. The van der Waals surface area contributed by atoms with E-state index in [9.17, 15) is 9.90 Å². The van der Waals surface area contributed by atoms with Crippen molar-refractivity contribution in [3.8, 4) is 0 Å². The first-order chi connectivity index (χ1) is 8.66. The van der Waals surface area contributed by atoms with Crippen LogP contribution in [0.2, 0.25) is 0 Å². The number of hydrogen-bond acceptors (Lipinski definition) is 6. The SMILES string of the molecule is O=c1[nH]nc2cc(NCC3(O)CCOC3)ncn12. The van der Waals surface area contributed by atoms with Crippen LogP contribution in [0.5, 0.6) is 0 Å². The van der Waals surface area contributed by atoms with Crippen LogP contribution in [0.15, 0.2) is 17.2 Å². The number of H-pyrrole nitrogens is 1. The Labute approximate surface area is 102 Å². The van der Waals surface area contributed by atoms with Gasteiger partial charge in [0.25, 0.3) is 0 Å². The average molecular weight is 251 g/mol. The zero-order valence-electron chi connectivity index (χ0n) is 9.59. The number of ether oxygens (including phenoxy) is 1. The van der Waals surface area contributed by atoms with Crippen LogP contribution in [0.4, 0.5) is 5.82 Å². The Bertz CT molecular complexity index is 613. The average Bonchev–Trinajstić information content (AvgIpc) is 2.95. The van der Waals surface area contributed by atoms with Crippen molar-refractivity contribution in [1.29, 1.82) is 0 Å². The molecule has 3 N–H and O–H groups in total. The smallest absolute Gasteiger partial charge is 0.348 e. The predicted octanol–water partition coefficient (Wildman–Crippen LogP) is -1.02. The van der Waals surface area contributed by atoms with Crippen molar-refractivity contribution in [2.45, 2.75) is 12.0 Å². The van der Waals surface area contributed by atoms with Gasteiger partial charge in [-0.1, -0.05) is 0 Å².